The normalized spacial score (nSPS) is 9.89. The first-order valence-corrected chi connectivity index (χ1v) is 6.32. The quantitative estimate of drug-likeness (QED) is 0.621. The number of rotatable bonds is 6. The number of halogens is 1. The molecule has 0 unspecified atom stereocenters. The molecule has 0 heterocycles. The topological polar surface area (TPSA) is 64.3 Å². The van der Waals surface area contributed by atoms with Gasteiger partial charge in [0.25, 0.3) is 0 Å². The van der Waals surface area contributed by atoms with Crippen LogP contribution in [0, 0.1) is 0 Å². The van der Waals surface area contributed by atoms with Gasteiger partial charge in [0.15, 0.2) is 0 Å². The molecule has 1 aromatic rings. The molecule has 0 saturated heterocycles. The Labute approximate surface area is 116 Å². The molecule has 1 aromatic carbocycles. The number of hydrogen-bond acceptors (Lipinski definition) is 4. The van der Waals surface area contributed by atoms with Gasteiger partial charge in [-0.25, -0.2) is 0 Å². The van der Waals surface area contributed by atoms with E-state index in [9.17, 15) is 4.79 Å². The van der Waals surface area contributed by atoms with Crippen molar-refractivity contribution in [2.24, 2.45) is 5.73 Å². The fourth-order valence-electron chi connectivity index (χ4n) is 1.45. The van der Waals surface area contributed by atoms with E-state index in [1.54, 1.807) is 19.1 Å². The number of carbonyl (C=O) groups is 1. The summed E-state index contributed by atoms with van der Waals surface area (Å²) < 4.78 is 4.83. The van der Waals surface area contributed by atoms with Gasteiger partial charge in [0.2, 0.25) is 0 Å². The van der Waals surface area contributed by atoms with Gasteiger partial charge in [-0.15, -0.1) is 0 Å². The van der Waals surface area contributed by atoms with Crippen LogP contribution < -0.4 is 11.1 Å². The minimum atomic E-state index is -0.246. The first-order chi connectivity index (χ1) is 8.56. The summed E-state index contributed by atoms with van der Waals surface area (Å²) in [6.45, 7) is 2.59. The molecule has 0 aliphatic carbocycles. The molecular formula is C12H15ClN2O2S. The lowest BCUT2D eigenvalue weighted by molar-refractivity contribution is -0.142. The number of hydrogen-bond donors (Lipinski definition) is 2. The Morgan fingerprint density at radius 2 is 2.28 bits per heavy atom. The summed E-state index contributed by atoms with van der Waals surface area (Å²) in [4.78, 5) is 11.4. The fraction of sp³-hybridized carbons (Fsp3) is 0.333. The van der Waals surface area contributed by atoms with Crippen molar-refractivity contribution in [1.82, 2.24) is 0 Å². The lowest BCUT2D eigenvalue weighted by Crippen LogP contribution is -2.16. The molecule has 0 radical (unpaired) electrons. The molecule has 4 nitrogen and oxygen atoms in total. The van der Waals surface area contributed by atoms with Crippen molar-refractivity contribution in [2.75, 3.05) is 18.5 Å². The van der Waals surface area contributed by atoms with Crippen LogP contribution in [0.1, 0.15) is 18.9 Å². The third kappa shape index (κ3) is 4.16. The second kappa shape index (κ2) is 7.18. The molecule has 3 N–H and O–H groups in total. The molecule has 98 valence electrons. The largest absolute Gasteiger partial charge is 0.466 e. The van der Waals surface area contributed by atoms with Crippen LogP contribution in [0.3, 0.4) is 0 Å². The Balaban J connectivity index is 2.65. The number of esters is 1. The third-order valence-electron chi connectivity index (χ3n) is 2.21. The monoisotopic (exact) mass is 286 g/mol. The predicted octanol–water partition coefficient (Wildman–Crippen LogP) is 2.34. The maximum Gasteiger partial charge on any atom is 0.307 e. The highest BCUT2D eigenvalue weighted by atomic mass is 35.5. The van der Waals surface area contributed by atoms with Crippen molar-refractivity contribution in [1.29, 1.82) is 0 Å². The molecule has 0 aliphatic heterocycles. The van der Waals surface area contributed by atoms with Crippen LogP contribution in [0.4, 0.5) is 5.69 Å². The maximum absolute atomic E-state index is 11.2. The number of ether oxygens (including phenoxy) is 1. The minimum Gasteiger partial charge on any atom is -0.466 e. The zero-order valence-electron chi connectivity index (χ0n) is 10.0. The van der Waals surface area contributed by atoms with Gasteiger partial charge >= 0.3 is 5.97 Å². The summed E-state index contributed by atoms with van der Waals surface area (Å²) >= 11 is 11.0. The summed E-state index contributed by atoms with van der Waals surface area (Å²) in [6, 6.07) is 5.31. The smallest absolute Gasteiger partial charge is 0.307 e. The van der Waals surface area contributed by atoms with Crippen LogP contribution in [0.25, 0.3) is 0 Å². The molecule has 0 atom stereocenters. The van der Waals surface area contributed by atoms with E-state index in [0.29, 0.717) is 23.7 Å². The van der Waals surface area contributed by atoms with Crippen LogP contribution in [-0.4, -0.2) is 24.1 Å². The zero-order valence-corrected chi connectivity index (χ0v) is 11.6. The highest BCUT2D eigenvalue weighted by Gasteiger charge is 2.09. The number of anilines is 1. The fourth-order valence-corrected chi connectivity index (χ4v) is 2.01. The van der Waals surface area contributed by atoms with E-state index in [0.717, 1.165) is 5.69 Å². The average Bonchev–Trinajstić information content (AvgIpc) is 2.28. The van der Waals surface area contributed by atoms with Crippen molar-refractivity contribution >= 4 is 40.5 Å². The van der Waals surface area contributed by atoms with Gasteiger partial charge in [0, 0.05) is 12.2 Å². The zero-order chi connectivity index (χ0) is 13.5. The highest BCUT2D eigenvalue weighted by Crippen LogP contribution is 2.24. The summed E-state index contributed by atoms with van der Waals surface area (Å²) in [5.41, 5.74) is 6.93. The second-order valence-electron chi connectivity index (χ2n) is 3.51. The SMILES string of the molecule is CCOC(=O)CCNc1cccc(Cl)c1C(N)=S. The van der Waals surface area contributed by atoms with Crippen LogP contribution in [-0.2, 0) is 9.53 Å². The van der Waals surface area contributed by atoms with Crippen molar-refractivity contribution < 1.29 is 9.53 Å². The van der Waals surface area contributed by atoms with Crippen molar-refractivity contribution in [3.05, 3.63) is 28.8 Å². The molecule has 0 fully saturated rings. The van der Waals surface area contributed by atoms with E-state index in [1.165, 1.54) is 0 Å². The Bertz CT molecular complexity index is 452. The van der Waals surface area contributed by atoms with Crippen molar-refractivity contribution in [3.8, 4) is 0 Å². The first-order valence-electron chi connectivity index (χ1n) is 5.54. The first kappa shape index (κ1) is 14.7. The Morgan fingerprint density at radius 3 is 2.89 bits per heavy atom. The lowest BCUT2D eigenvalue weighted by Gasteiger charge is -2.12. The second-order valence-corrected chi connectivity index (χ2v) is 4.36. The molecule has 6 heteroatoms. The van der Waals surface area contributed by atoms with Crippen molar-refractivity contribution in [3.63, 3.8) is 0 Å². The highest BCUT2D eigenvalue weighted by molar-refractivity contribution is 7.80. The van der Waals surface area contributed by atoms with E-state index in [-0.39, 0.29) is 17.4 Å². The Hall–Kier alpha value is -1.33. The van der Waals surface area contributed by atoms with E-state index < -0.39 is 0 Å². The van der Waals surface area contributed by atoms with Gasteiger partial charge in [0.1, 0.15) is 4.99 Å². The Morgan fingerprint density at radius 1 is 1.56 bits per heavy atom. The average molecular weight is 287 g/mol. The summed E-state index contributed by atoms with van der Waals surface area (Å²) in [5, 5.41) is 3.56. The molecular weight excluding hydrogens is 272 g/mol. The number of benzene rings is 1. The number of nitrogens with one attached hydrogen (secondary N) is 1. The van der Waals surface area contributed by atoms with Crippen LogP contribution in [0.2, 0.25) is 5.02 Å². The van der Waals surface area contributed by atoms with Gasteiger partial charge in [-0.2, -0.15) is 0 Å². The summed E-state index contributed by atoms with van der Waals surface area (Å²) in [7, 11) is 0. The lowest BCUT2D eigenvalue weighted by atomic mass is 10.1. The van der Waals surface area contributed by atoms with Crippen LogP contribution in [0.15, 0.2) is 18.2 Å². The van der Waals surface area contributed by atoms with Gasteiger partial charge in [0.05, 0.1) is 23.6 Å². The Kier molecular flexibility index (Phi) is 5.88. The van der Waals surface area contributed by atoms with Crippen LogP contribution >= 0.6 is 23.8 Å². The van der Waals surface area contributed by atoms with E-state index in [1.807, 2.05) is 6.07 Å². The van der Waals surface area contributed by atoms with Gasteiger partial charge in [-0.1, -0.05) is 29.9 Å². The van der Waals surface area contributed by atoms with Crippen molar-refractivity contribution in [2.45, 2.75) is 13.3 Å². The molecule has 0 amide bonds. The van der Waals surface area contributed by atoms with Crippen LogP contribution in [0.5, 0.6) is 0 Å². The predicted molar refractivity (Wildman–Crippen MR) is 77.1 cm³/mol. The van der Waals surface area contributed by atoms with Gasteiger partial charge < -0.3 is 15.8 Å². The molecule has 18 heavy (non-hydrogen) atoms. The summed E-state index contributed by atoms with van der Waals surface area (Å²) in [6.07, 6.45) is 0.275. The number of carbonyl (C=O) groups excluding carboxylic acids is 1. The van der Waals surface area contributed by atoms with Gasteiger partial charge in [-0.05, 0) is 19.1 Å². The molecule has 0 aromatic heterocycles. The minimum absolute atomic E-state index is 0.222. The molecule has 0 aliphatic rings. The number of nitrogens with two attached hydrogens (primary N) is 1. The molecule has 1 rings (SSSR count). The molecule has 0 spiro atoms. The molecule has 0 saturated carbocycles. The summed E-state index contributed by atoms with van der Waals surface area (Å²) in [5.74, 6) is -0.246. The van der Waals surface area contributed by atoms with Gasteiger partial charge in [-0.3, -0.25) is 4.79 Å². The molecule has 0 bridgehead atoms. The standard InChI is InChI=1S/C12H15ClN2O2S/c1-2-17-10(16)6-7-15-9-5-3-4-8(13)11(9)12(14)18/h3-5,15H,2,6-7H2,1H3,(H2,14,18). The van der Waals surface area contributed by atoms with E-state index in [4.69, 9.17) is 34.3 Å². The maximum atomic E-state index is 11.2. The third-order valence-corrected chi connectivity index (χ3v) is 2.73. The number of thiocarbonyl (C=S) groups is 1. The van der Waals surface area contributed by atoms with E-state index >= 15 is 0 Å². The van der Waals surface area contributed by atoms with E-state index in [2.05, 4.69) is 5.32 Å².